The van der Waals surface area contributed by atoms with Crippen molar-refractivity contribution in [1.29, 1.82) is 0 Å². The maximum Gasteiger partial charge on any atom is 0.322 e. The summed E-state index contributed by atoms with van der Waals surface area (Å²) in [5.74, 6) is -4.73. The Balaban J connectivity index is 2.98. The van der Waals surface area contributed by atoms with E-state index in [9.17, 15) is 33.9 Å². The summed E-state index contributed by atoms with van der Waals surface area (Å²) in [7, 11) is 0. The van der Waals surface area contributed by atoms with Gasteiger partial charge in [-0.1, -0.05) is 13.8 Å². The molecular weight excluding hydrogens is 476 g/mol. The van der Waals surface area contributed by atoms with Crippen LogP contribution in [-0.4, -0.2) is 94.0 Å². The normalized spacial score (nSPS) is 18.6. The van der Waals surface area contributed by atoms with Crippen molar-refractivity contribution in [3.05, 3.63) is 0 Å². The molecule has 5 amide bonds. The molecule has 0 radical (unpaired) electrons. The fraction of sp³-hybridized carbons (Fsp3) is 0.727. The van der Waals surface area contributed by atoms with Crippen LogP contribution in [0.15, 0.2) is 0 Å². The predicted molar refractivity (Wildman–Crippen MR) is 127 cm³/mol. The number of carbonyl (C=O) groups excluding carboxylic acids is 5. The Morgan fingerprint density at radius 2 is 1.69 bits per heavy atom. The first-order valence-corrected chi connectivity index (χ1v) is 11.9. The summed E-state index contributed by atoms with van der Waals surface area (Å²) in [4.78, 5) is 74.4. The molecule has 1 heterocycles. The van der Waals surface area contributed by atoms with Crippen molar-refractivity contribution < 1.29 is 39.0 Å². The lowest BCUT2D eigenvalue weighted by molar-refractivity contribution is -0.141. The van der Waals surface area contributed by atoms with Crippen LogP contribution >= 0.6 is 0 Å². The highest BCUT2D eigenvalue weighted by atomic mass is 16.4. The number of likely N-dealkylation sites (tertiary alicyclic amines) is 1. The van der Waals surface area contributed by atoms with E-state index in [2.05, 4.69) is 16.0 Å². The highest BCUT2D eigenvalue weighted by Gasteiger charge is 2.38. The summed E-state index contributed by atoms with van der Waals surface area (Å²) < 4.78 is 0. The van der Waals surface area contributed by atoms with E-state index in [-0.39, 0.29) is 24.7 Å². The molecule has 14 nitrogen and oxygen atoms in total. The number of primary amides is 1. The first-order chi connectivity index (χ1) is 16.7. The standard InChI is InChI=1S/C22H38N6O8/c1-11(2)9-13(23)22(36)28-8-4-5-15(28)20(34)26-14(6-7-16(24)30)19(33)27-18(12(3)29)21(35)25-10-17(31)32/h11-15,18,29H,4-10,23H2,1-3H3,(H2,24,30)(H,25,35)(H,26,34)(H,27,33)(H,31,32)/t12-,13+,14+,15+,18+/m1/s1. The predicted octanol–water partition coefficient (Wildman–Crippen LogP) is -2.83. The number of aliphatic hydroxyl groups is 1. The van der Waals surface area contributed by atoms with Crippen molar-refractivity contribution in [3.63, 3.8) is 0 Å². The van der Waals surface area contributed by atoms with E-state index in [1.54, 1.807) is 0 Å². The van der Waals surface area contributed by atoms with Crippen molar-refractivity contribution in [2.75, 3.05) is 13.1 Å². The molecule has 1 rings (SSSR count). The van der Waals surface area contributed by atoms with Gasteiger partial charge in [-0.2, -0.15) is 0 Å². The molecule has 1 aliphatic rings. The van der Waals surface area contributed by atoms with Gasteiger partial charge in [0.15, 0.2) is 0 Å². The van der Waals surface area contributed by atoms with Crippen LogP contribution in [0.2, 0.25) is 0 Å². The third-order valence-electron chi connectivity index (χ3n) is 5.67. The van der Waals surface area contributed by atoms with E-state index < -0.39 is 66.4 Å². The molecule has 0 aliphatic carbocycles. The number of nitrogens with zero attached hydrogens (tertiary/aromatic N) is 1. The third kappa shape index (κ3) is 9.77. The number of carbonyl (C=O) groups is 6. The summed E-state index contributed by atoms with van der Waals surface area (Å²) in [6.07, 6.45) is -0.522. The first kappa shape index (κ1) is 30.8. The van der Waals surface area contributed by atoms with Crippen molar-refractivity contribution >= 4 is 35.5 Å². The molecule has 14 heteroatoms. The van der Waals surface area contributed by atoms with Gasteiger partial charge >= 0.3 is 5.97 Å². The van der Waals surface area contributed by atoms with Crippen LogP contribution in [0.1, 0.15) is 52.9 Å². The van der Waals surface area contributed by atoms with E-state index >= 15 is 0 Å². The van der Waals surface area contributed by atoms with Crippen LogP contribution in [0.4, 0.5) is 0 Å². The quantitative estimate of drug-likeness (QED) is 0.126. The van der Waals surface area contributed by atoms with Gasteiger partial charge in [0.1, 0.15) is 24.7 Å². The van der Waals surface area contributed by atoms with Crippen molar-refractivity contribution in [2.24, 2.45) is 17.4 Å². The average molecular weight is 515 g/mol. The van der Waals surface area contributed by atoms with E-state index in [1.165, 1.54) is 11.8 Å². The summed E-state index contributed by atoms with van der Waals surface area (Å²) in [5, 5.41) is 25.5. The fourth-order valence-electron chi connectivity index (χ4n) is 3.88. The van der Waals surface area contributed by atoms with Crippen LogP contribution in [0, 0.1) is 5.92 Å². The van der Waals surface area contributed by atoms with Crippen LogP contribution < -0.4 is 27.4 Å². The lowest BCUT2D eigenvalue weighted by atomic mass is 10.0. The van der Waals surface area contributed by atoms with E-state index in [4.69, 9.17) is 16.6 Å². The summed E-state index contributed by atoms with van der Waals surface area (Å²) in [5.41, 5.74) is 11.2. The molecule has 1 saturated heterocycles. The second-order valence-electron chi connectivity index (χ2n) is 9.33. The molecular formula is C22H38N6O8. The number of hydrogen-bond acceptors (Lipinski definition) is 8. The highest BCUT2D eigenvalue weighted by Crippen LogP contribution is 2.20. The topological polar surface area (TPSA) is 234 Å². The van der Waals surface area contributed by atoms with E-state index in [0.717, 1.165) is 0 Å². The number of rotatable bonds is 14. The second kappa shape index (κ2) is 14.3. The number of amides is 5. The number of carboxylic acids is 1. The molecule has 1 aliphatic heterocycles. The largest absolute Gasteiger partial charge is 0.480 e. The van der Waals surface area contributed by atoms with Gasteiger partial charge in [-0.15, -0.1) is 0 Å². The van der Waals surface area contributed by atoms with Crippen LogP contribution in [0.5, 0.6) is 0 Å². The second-order valence-corrected chi connectivity index (χ2v) is 9.33. The van der Waals surface area contributed by atoms with Crippen molar-refractivity contribution in [1.82, 2.24) is 20.9 Å². The van der Waals surface area contributed by atoms with Gasteiger partial charge in [-0.25, -0.2) is 0 Å². The molecule has 0 aromatic rings. The number of nitrogens with one attached hydrogen (secondary N) is 3. The Labute approximate surface area is 209 Å². The molecule has 1 fully saturated rings. The van der Waals surface area contributed by atoms with Gasteiger partial charge < -0.3 is 42.5 Å². The van der Waals surface area contributed by atoms with E-state index in [1.807, 2.05) is 13.8 Å². The minimum Gasteiger partial charge on any atom is -0.480 e. The maximum atomic E-state index is 13.1. The lowest BCUT2D eigenvalue weighted by Crippen LogP contribution is -2.59. The van der Waals surface area contributed by atoms with E-state index in [0.29, 0.717) is 25.8 Å². The Bertz CT molecular complexity index is 833. The highest BCUT2D eigenvalue weighted by molar-refractivity contribution is 5.95. The number of hydrogen-bond donors (Lipinski definition) is 7. The molecule has 5 atom stereocenters. The van der Waals surface area contributed by atoms with Gasteiger partial charge in [0.05, 0.1) is 12.1 Å². The maximum absolute atomic E-state index is 13.1. The zero-order chi connectivity index (χ0) is 27.6. The number of aliphatic carboxylic acids is 1. The minimum atomic E-state index is -1.52. The van der Waals surface area contributed by atoms with Crippen molar-refractivity contribution in [3.8, 4) is 0 Å². The fourth-order valence-corrected chi connectivity index (χ4v) is 3.88. The van der Waals surface area contributed by atoms with Crippen LogP contribution in [0.3, 0.4) is 0 Å². The lowest BCUT2D eigenvalue weighted by Gasteiger charge is -2.29. The number of aliphatic hydroxyl groups excluding tert-OH is 1. The Morgan fingerprint density at radius 3 is 2.22 bits per heavy atom. The zero-order valence-corrected chi connectivity index (χ0v) is 20.9. The van der Waals surface area contributed by atoms with Crippen LogP contribution in [0.25, 0.3) is 0 Å². The van der Waals surface area contributed by atoms with Gasteiger partial charge in [0, 0.05) is 13.0 Å². The van der Waals surface area contributed by atoms with Gasteiger partial charge in [-0.3, -0.25) is 28.8 Å². The third-order valence-corrected chi connectivity index (χ3v) is 5.67. The molecule has 36 heavy (non-hydrogen) atoms. The summed E-state index contributed by atoms with van der Waals surface area (Å²) in [6, 6.07) is -4.49. The first-order valence-electron chi connectivity index (χ1n) is 11.9. The average Bonchev–Trinajstić information content (AvgIpc) is 3.26. The molecule has 0 aromatic carbocycles. The molecule has 0 unspecified atom stereocenters. The molecule has 204 valence electrons. The Kier molecular flexibility index (Phi) is 12.3. The van der Waals surface area contributed by atoms with Crippen molar-refractivity contribution in [2.45, 2.75) is 83.1 Å². The molecule has 0 spiro atoms. The summed E-state index contributed by atoms with van der Waals surface area (Å²) >= 11 is 0. The molecule has 0 aromatic heterocycles. The summed E-state index contributed by atoms with van der Waals surface area (Å²) in [6.45, 7) is 4.65. The Hall–Kier alpha value is -3.26. The van der Waals surface area contributed by atoms with Crippen LogP contribution in [-0.2, 0) is 28.8 Å². The molecule has 0 saturated carbocycles. The molecule has 0 bridgehead atoms. The Morgan fingerprint density at radius 1 is 1.06 bits per heavy atom. The van der Waals surface area contributed by atoms with Gasteiger partial charge in [-0.05, 0) is 38.5 Å². The SMILES string of the molecule is CC(C)C[C@H](N)C(=O)N1CCC[C@H]1C(=O)N[C@@H](CCC(N)=O)C(=O)N[C@H](C(=O)NCC(=O)O)[C@@H](C)O. The minimum absolute atomic E-state index is 0.176. The zero-order valence-electron chi connectivity index (χ0n) is 20.9. The smallest absolute Gasteiger partial charge is 0.322 e. The van der Waals surface area contributed by atoms with Gasteiger partial charge in [0.2, 0.25) is 29.5 Å². The van der Waals surface area contributed by atoms with Gasteiger partial charge in [0.25, 0.3) is 0 Å². The number of carboxylic acid groups (broad SMARTS) is 1. The number of nitrogens with two attached hydrogens (primary N) is 2. The monoisotopic (exact) mass is 514 g/mol. The molecule has 9 N–H and O–H groups in total.